The van der Waals surface area contributed by atoms with Crippen molar-refractivity contribution in [1.29, 1.82) is 0 Å². The first-order valence-corrected chi connectivity index (χ1v) is 10.2. The molecule has 0 saturated carbocycles. The van der Waals surface area contributed by atoms with Crippen LogP contribution in [0.5, 0.6) is 11.5 Å². The number of ether oxygens (including phenoxy) is 2. The van der Waals surface area contributed by atoms with Crippen LogP contribution in [0.25, 0.3) is 5.82 Å². The Hall–Kier alpha value is -2.82. The lowest BCUT2D eigenvalue weighted by Crippen LogP contribution is -2.41. The van der Waals surface area contributed by atoms with E-state index >= 15 is 0 Å². The Morgan fingerprint density at radius 1 is 1.12 bits per heavy atom. The molecule has 0 bridgehead atoms. The number of methoxy groups -OCH3 is 1. The number of pyridine rings is 1. The number of benzene rings is 1. The number of halogens is 1. The molecule has 3 rings (SSSR count). The van der Waals surface area contributed by atoms with E-state index in [1.807, 2.05) is 74.1 Å². The quantitative estimate of drug-likeness (QED) is 0.253. The second kappa shape index (κ2) is 12.3. The minimum Gasteiger partial charge on any atom is -0.497 e. The lowest BCUT2D eigenvalue weighted by Gasteiger charge is -2.18. The summed E-state index contributed by atoms with van der Waals surface area (Å²) < 4.78 is 13.0. The molecule has 9 heteroatoms. The Morgan fingerprint density at radius 2 is 1.91 bits per heavy atom. The number of aliphatic imine (C=N–C) groups is 1. The first-order valence-electron chi connectivity index (χ1n) is 10.2. The first kappa shape index (κ1) is 25.4. The van der Waals surface area contributed by atoms with E-state index in [2.05, 4.69) is 25.7 Å². The van der Waals surface area contributed by atoms with Gasteiger partial charge in [-0.2, -0.15) is 5.10 Å². The molecule has 0 spiro atoms. The molecule has 0 aliphatic rings. The van der Waals surface area contributed by atoms with Crippen LogP contribution in [0.1, 0.15) is 23.9 Å². The van der Waals surface area contributed by atoms with Crippen molar-refractivity contribution in [3.63, 3.8) is 0 Å². The standard InChI is InChI=1S/C23H30N6O2.HI/c1-16-11-17(2)29(28-16)22-10-9-19(14-25-22)15-27-23(24-4)26-13-18(3)31-21-8-6-7-20(12-21)30-5;/h6-12,14,18H,13,15H2,1-5H3,(H2,24,26,27);1H. The summed E-state index contributed by atoms with van der Waals surface area (Å²) in [7, 11) is 3.38. The van der Waals surface area contributed by atoms with E-state index in [1.165, 1.54) is 0 Å². The molecular formula is C23H31IN6O2. The van der Waals surface area contributed by atoms with Crippen molar-refractivity contribution in [3.05, 3.63) is 65.6 Å². The number of aryl methyl sites for hydroxylation is 2. The largest absolute Gasteiger partial charge is 0.497 e. The summed E-state index contributed by atoms with van der Waals surface area (Å²) in [5, 5.41) is 11.1. The molecule has 1 unspecified atom stereocenters. The van der Waals surface area contributed by atoms with Gasteiger partial charge in [-0.1, -0.05) is 12.1 Å². The fraction of sp³-hybridized carbons (Fsp3) is 0.348. The number of aromatic nitrogens is 3. The van der Waals surface area contributed by atoms with Gasteiger partial charge >= 0.3 is 0 Å². The molecule has 32 heavy (non-hydrogen) atoms. The zero-order valence-corrected chi connectivity index (χ0v) is 21.5. The fourth-order valence-corrected chi connectivity index (χ4v) is 3.10. The van der Waals surface area contributed by atoms with E-state index in [0.717, 1.165) is 34.3 Å². The molecule has 1 atom stereocenters. The SMILES string of the molecule is CN=C(NCc1ccc(-n2nc(C)cc2C)nc1)NCC(C)Oc1cccc(OC)c1.I. The lowest BCUT2D eigenvalue weighted by molar-refractivity contribution is 0.223. The van der Waals surface area contributed by atoms with E-state index in [9.17, 15) is 0 Å². The number of nitrogens with zero attached hydrogens (tertiary/aromatic N) is 4. The van der Waals surface area contributed by atoms with Crippen LogP contribution < -0.4 is 20.1 Å². The number of hydrogen-bond donors (Lipinski definition) is 2. The molecule has 2 N–H and O–H groups in total. The molecule has 3 aromatic rings. The Kier molecular flexibility index (Phi) is 9.76. The minimum absolute atomic E-state index is 0. The van der Waals surface area contributed by atoms with Crippen LogP contribution in [0.3, 0.4) is 0 Å². The molecule has 0 aliphatic carbocycles. The smallest absolute Gasteiger partial charge is 0.191 e. The van der Waals surface area contributed by atoms with Crippen LogP contribution in [-0.2, 0) is 6.54 Å². The zero-order chi connectivity index (χ0) is 22.2. The fourth-order valence-electron chi connectivity index (χ4n) is 3.10. The van der Waals surface area contributed by atoms with Gasteiger partial charge in [0, 0.05) is 31.5 Å². The minimum atomic E-state index is -0.0487. The molecule has 0 radical (unpaired) electrons. The summed E-state index contributed by atoms with van der Waals surface area (Å²) in [5.41, 5.74) is 3.09. The van der Waals surface area contributed by atoms with Crippen LogP contribution in [0, 0.1) is 13.8 Å². The third-order valence-corrected chi connectivity index (χ3v) is 4.65. The molecule has 0 amide bonds. The van der Waals surface area contributed by atoms with Crippen molar-refractivity contribution in [2.75, 3.05) is 20.7 Å². The number of rotatable bonds is 8. The third kappa shape index (κ3) is 7.11. The summed E-state index contributed by atoms with van der Waals surface area (Å²) >= 11 is 0. The number of guanidine groups is 1. The molecule has 0 aliphatic heterocycles. The van der Waals surface area contributed by atoms with E-state index in [0.29, 0.717) is 19.0 Å². The molecule has 0 fully saturated rings. The van der Waals surface area contributed by atoms with Crippen molar-refractivity contribution in [3.8, 4) is 17.3 Å². The topological polar surface area (TPSA) is 85.6 Å². The van der Waals surface area contributed by atoms with Gasteiger partial charge in [0.05, 0.1) is 19.3 Å². The van der Waals surface area contributed by atoms with Crippen LogP contribution in [0.4, 0.5) is 0 Å². The maximum absolute atomic E-state index is 5.94. The van der Waals surface area contributed by atoms with Crippen LogP contribution >= 0.6 is 24.0 Å². The summed E-state index contributed by atoms with van der Waals surface area (Å²) in [6, 6.07) is 13.6. The van der Waals surface area contributed by atoms with Crippen molar-refractivity contribution < 1.29 is 9.47 Å². The van der Waals surface area contributed by atoms with E-state index in [4.69, 9.17) is 9.47 Å². The molecule has 2 heterocycles. The van der Waals surface area contributed by atoms with Crippen molar-refractivity contribution in [2.24, 2.45) is 4.99 Å². The van der Waals surface area contributed by atoms with Crippen molar-refractivity contribution in [1.82, 2.24) is 25.4 Å². The molecule has 8 nitrogen and oxygen atoms in total. The maximum atomic E-state index is 5.94. The highest BCUT2D eigenvalue weighted by atomic mass is 127. The van der Waals surface area contributed by atoms with Crippen molar-refractivity contribution in [2.45, 2.75) is 33.4 Å². The van der Waals surface area contributed by atoms with Crippen LogP contribution in [0.15, 0.2) is 53.7 Å². The second-order valence-corrected chi connectivity index (χ2v) is 7.28. The average molecular weight is 550 g/mol. The van der Waals surface area contributed by atoms with Crippen LogP contribution in [0.2, 0.25) is 0 Å². The van der Waals surface area contributed by atoms with Gasteiger partial charge in [0.15, 0.2) is 11.8 Å². The number of hydrogen-bond acceptors (Lipinski definition) is 5. The Morgan fingerprint density at radius 3 is 2.53 bits per heavy atom. The Labute approximate surface area is 206 Å². The third-order valence-electron chi connectivity index (χ3n) is 4.65. The van der Waals surface area contributed by atoms with E-state index < -0.39 is 0 Å². The monoisotopic (exact) mass is 550 g/mol. The summed E-state index contributed by atoms with van der Waals surface area (Å²) in [6.07, 6.45) is 1.80. The van der Waals surface area contributed by atoms with Gasteiger partial charge < -0.3 is 20.1 Å². The maximum Gasteiger partial charge on any atom is 0.191 e. The predicted molar refractivity (Wildman–Crippen MR) is 138 cm³/mol. The van der Waals surface area contributed by atoms with Crippen molar-refractivity contribution >= 4 is 29.9 Å². The van der Waals surface area contributed by atoms with Gasteiger partial charge in [-0.25, -0.2) is 9.67 Å². The highest BCUT2D eigenvalue weighted by molar-refractivity contribution is 14.0. The van der Waals surface area contributed by atoms with Gasteiger partial charge in [-0.05, 0) is 50.6 Å². The molecule has 2 aromatic heterocycles. The Balaban J connectivity index is 0.00000363. The molecule has 1 aromatic carbocycles. The molecule has 172 valence electrons. The van der Waals surface area contributed by atoms with Gasteiger partial charge in [0.2, 0.25) is 0 Å². The highest BCUT2D eigenvalue weighted by Crippen LogP contribution is 2.19. The normalized spacial score (nSPS) is 12.0. The van der Waals surface area contributed by atoms with Gasteiger partial charge in [0.25, 0.3) is 0 Å². The summed E-state index contributed by atoms with van der Waals surface area (Å²) in [5.74, 6) is 3.04. The van der Waals surface area contributed by atoms with Gasteiger partial charge in [-0.3, -0.25) is 4.99 Å². The predicted octanol–water partition coefficient (Wildman–Crippen LogP) is 3.64. The summed E-state index contributed by atoms with van der Waals surface area (Å²) in [6.45, 7) is 7.21. The second-order valence-electron chi connectivity index (χ2n) is 7.28. The van der Waals surface area contributed by atoms with E-state index in [1.54, 1.807) is 14.2 Å². The average Bonchev–Trinajstić information content (AvgIpc) is 3.12. The molecule has 0 saturated heterocycles. The van der Waals surface area contributed by atoms with Crippen LogP contribution in [-0.4, -0.2) is 47.5 Å². The first-order chi connectivity index (χ1) is 15.0. The highest BCUT2D eigenvalue weighted by Gasteiger charge is 2.08. The van der Waals surface area contributed by atoms with E-state index in [-0.39, 0.29) is 30.1 Å². The Bertz CT molecular complexity index is 1020. The zero-order valence-electron chi connectivity index (χ0n) is 19.1. The van der Waals surface area contributed by atoms with Gasteiger partial charge in [-0.15, -0.1) is 24.0 Å². The van der Waals surface area contributed by atoms with Gasteiger partial charge in [0.1, 0.15) is 17.6 Å². The number of nitrogens with one attached hydrogen (secondary N) is 2. The lowest BCUT2D eigenvalue weighted by atomic mass is 10.3. The summed E-state index contributed by atoms with van der Waals surface area (Å²) in [4.78, 5) is 8.81. The molecular weight excluding hydrogens is 519 g/mol.